The van der Waals surface area contributed by atoms with Gasteiger partial charge < -0.3 is 14.4 Å². The van der Waals surface area contributed by atoms with Crippen LogP contribution in [0, 0.1) is 13.8 Å². The lowest BCUT2D eigenvalue weighted by Gasteiger charge is -2.37. The summed E-state index contributed by atoms with van der Waals surface area (Å²) in [7, 11) is 0. The highest BCUT2D eigenvalue weighted by Gasteiger charge is 2.40. The Morgan fingerprint density at radius 2 is 1.96 bits per heavy atom. The molecule has 138 valence electrons. The number of aromatic nitrogens is 1. The van der Waals surface area contributed by atoms with Gasteiger partial charge in [-0.25, -0.2) is 4.98 Å². The van der Waals surface area contributed by atoms with Crippen LogP contribution < -0.4 is 0 Å². The van der Waals surface area contributed by atoms with Crippen LogP contribution in [0.15, 0.2) is 24.3 Å². The molecule has 2 saturated heterocycles. The maximum Gasteiger partial charge on any atom is 0.227 e. The van der Waals surface area contributed by atoms with E-state index in [4.69, 9.17) is 9.47 Å². The SMILES string of the molecule is Cc1cccc(-c2nc(C)c(CC(=O)N3CCC4(CC3)OCCO4)s2)c1. The zero-order valence-electron chi connectivity index (χ0n) is 15.3. The quantitative estimate of drug-likeness (QED) is 0.829. The second-order valence-electron chi connectivity index (χ2n) is 7.06. The number of piperidine rings is 1. The molecule has 5 nitrogen and oxygen atoms in total. The highest BCUT2D eigenvalue weighted by molar-refractivity contribution is 7.15. The summed E-state index contributed by atoms with van der Waals surface area (Å²) in [6.45, 7) is 6.79. The minimum Gasteiger partial charge on any atom is -0.347 e. The molecule has 1 amide bonds. The zero-order valence-corrected chi connectivity index (χ0v) is 16.1. The van der Waals surface area contributed by atoms with Crippen LogP contribution >= 0.6 is 11.3 Å². The third kappa shape index (κ3) is 3.54. The molecule has 1 aromatic carbocycles. The summed E-state index contributed by atoms with van der Waals surface area (Å²) >= 11 is 1.62. The van der Waals surface area contributed by atoms with Crippen LogP contribution in [0.1, 0.15) is 29.0 Å². The largest absolute Gasteiger partial charge is 0.347 e. The lowest BCUT2D eigenvalue weighted by atomic mass is 10.0. The van der Waals surface area contributed by atoms with Crippen LogP contribution in [0.2, 0.25) is 0 Å². The number of nitrogens with zero attached hydrogens (tertiary/aromatic N) is 2. The first kappa shape index (κ1) is 17.6. The Morgan fingerprint density at radius 1 is 1.23 bits per heavy atom. The highest BCUT2D eigenvalue weighted by atomic mass is 32.1. The standard InChI is InChI=1S/C20H24N2O3S/c1-14-4-3-5-16(12-14)19-21-15(2)17(26-19)13-18(23)22-8-6-20(7-9-22)24-10-11-25-20/h3-5,12H,6-11,13H2,1-2H3. The Bertz CT molecular complexity index is 801. The molecule has 6 heteroatoms. The lowest BCUT2D eigenvalue weighted by molar-refractivity contribution is -0.187. The summed E-state index contributed by atoms with van der Waals surface area (Å²) in [5.74, 6) is -0.268. The topological polar surface area (TPSA) is 51.7 Å². The van der Waals surface area contributed by atoms with Gasteiger partial charge in [-0.1, -0.05) is 23.8 Å². The minimum absolute atomic E-state index is 0.167. The Hall–Kier alpha value is -1.76. The van der Waals surface area contributed by atoms with E-state index in [2.05, 4.69) is 30.1 Å². The number of carbonyl (C=O) groups is 1. The van der Waals surface area contributed by atoms with Crippen LogP contribution in [0.3, 0.4) is 0 Å². The summed E-state index contributed by atoms with van der Waals surface area (Å²) in [5.41, 5.74) is 3.29. The molecule has 2 aliphatic heterocycles. The summed E-state index contributed by atoms with van der Waals surface area (Å²) in [6, 6.07) is 8.33. The number of thiazole rings is 1. The van der Waals surface area contributed by atoms with Crippen molar-refractivity contribution in [2.75, 3.05) is 26.3 Å². The maximum absolute atomic E-state index is 12.7. The van der Waals surface area contributed by atoms with E-state index in [1.54, 1.807) is 11.3 Å². The van der Waals surface area contributed by atoms with Gasteiger partial charge in [0.05, 0.1) is 25.3 Å². The number of rotatable bonds is 3. The molecule has 0 saturated carbocycles. The third-order valence-corrected chi connectivity index (χ3v) is 6.37. The maximum atomic E-state index is 12.7. The Balaban J connectivity index is 1.42. The number of ether oxygens (including phenoxy) is 2. The molecule has 2 fully saturated rings. The van der Waals surface area contributed by atoms with Crippen LogP contribution in [-0.4, -0.2) is 47.9 Å². The fourth-order valence-corrected chi connectivity index (χ4v) is 4.68. The number of aryl methyl sites for hydroxylation is 2. The fourth-order valence-electron chi connectivity index (χ4n) is 3.63. The Morgan fingerprint density at radius 3 is 2.65 bits per heavy atom. The van der Waals surface area contributed by atoms with Gasteiger partial charge in [0.1, 0.15) is 5.01 Å². The number of amides is 1. The van der Waals surface area contributed by atoms with Crippen LogP contribution in [0.25, 0.3) is 10.6 Å². The second-order valence-corrected chi connectivity index (χ2v) is 8.15. The van der Waals surface area contributed by atoms with Crippen molar-refractivity contribution in [3.8, 4) is 10.6 Å². The molecule has 0 N–H and O–H groups in total. The number of hydrogen-bond donors (Lipinski definition) is 0. The monoisotopic (exact) mass is 372 g/mol. The number of benzene rings is 1. The third-order valence-electron chi connectivity index (χ3n) is 5.16. The molecule has 2 aromatic rings. The van der Waals surface area contributed by atoms with Gasteiger partial charge in [0, 0.05) is 36.4 Å². The first-order valence-corrected chi connectivity index (χ1v) is 9.95. The van der Waals surface area contributed by atoms with E-state index < -0.39 is 5.79 Å². The van der Waals surface area contributed by atoms with Crippen LogP contribution in [-0.2, 0) is 20.7 Å². The first-order chi connectivity index (χ1) is 12.5. The van der Waals surface area contributed by atoms with E-state index in [-0.39, 0.29) is 5.91 Å². The molecule has 1 spiro atoms. The molecule has 0 aliphatic carbocycles. The predicted molar refractivity (Wildman–Crippen MR) is 101 cm³/mol. The van der Waals surface area contributed by atoms with Gasteiger partial charge in [-0.05, 0) is 19.9 Å². The average Bonchev–Trinajstić information content (AvgIpc) is 3.23. The molecule has 26 heavy (non-hydrogen) atoms. The lowest BCUT2D eigenvalue weighted by Crippen LogP contribution is -2.47. The molecule has 0 radical (unpaired) electrons. The molecule has 0 bridgehead atoms. The molecule has 1 aromatic heterocycles. The molecule has 3 heterocycles. The molecule has 4 rings (SSSR count). The van der Waals surface area contributed by atoms with Crippen LogP contribution in [0.5, 0.6) is 0 Å². The Labute approximate surface area is 157 Å². The van der Waals surface area contributed by atoms with Gasteiger partial charge in [-0.2, -0.15) is 0 Å². The van der Waals surface area contributed by atoms with Crippen molar-refractivity contribution < 1.29 is 14.3 Å². The highest BCUT2D eigenvalue weighted by Crippen LogP contribution is 2.32. The Kier molecular flexibility index (Phi) is 4.82. The second kappa shape index (κ2) is 7.10. The molecular weight excluding hydrogens is 348 g/mol. The van der Waals surface area contributed by atoms with E-state index in [1.165, 1.54) is 5.56 Å². The molecule has 2 aliphatic rings. The van der Waals surface area contributed by atoms with Crippen molar-refractivity contribution >= 4 is 17.2 Å². The van der Waals surface area contributed by atoms with Crippen molar-refractivity contribution in [2.45, 2.75) is 38.9 Å². The van der Waals surface area contributed by atoms with E-state index in [9.17, 15) is 4.79 Å². The van der Waals surface area contributed by atoms with Crippen molar-refractivity contribution in [1.29, 1.82) is 0 Å². The molecule has 0 atom stereocenters. The minimum atomic E-state index is -0.435. The number of hydrogen-bond acceptors (Lipinski definition) is 5. The smallest absolute Gasteiger partial charge is 0.227 e. The van der Waals surface area contributed by atoms with E-state index in [0.717, 1.165) is 34.0 Å². The zero-order chi connectivity index (χ0) is 18.1. The van der Waals surface area contributed by atoms with Gasteiger partial charge >= 0.3 is 0 Å². The number of likely N-dealkylation sites (tertiary alicyclic amines) is 1. The summed E-state index contributed by atoms with van der Waals surface area (Å²) in [6.07, 6.45) is 1.94. The predicted octanol–water partition coefficient (Wildman–Crippen LogP) is 3.33. The van der Waals surface area contributed by atoms with Crippen molar-refractivity contribution in [2.24, 2.45) is 0 Å². The first-order valence-electron chi connectivity index (χ1n) is 9.14. The normalized spacial score (nSPS) is 19.2. The number of carbonyl (C=O) groups excluding carboxylic acids is 1. The van der Waals surface area contributed by atoms with Crippen molar-refractivity contribution in [1.82, 2.24) is 9.88 Å². The average molecular weight is 372 g/mol. The van der Waals surface area contributed by atoms with Gasteiger partial charge in [-0.15, -0.1) is 11.3 Å². The van der Waals surface area contributed by atoms with Crippen molar-refractivity contribution in [3.05, 3.63) is 40.4 Å². The summed E-state index contributed by atoms with van der Waals surface area (Å²) in [5, 5.41) is 0.986. The summed E-state index contributed by atoms with van der Waals surface area (Å²) in [4.78, 5) is 20.4. The van der Waals surface area contributed by atoms with E-state index in [1.807, 2.05) is 17.9 Å². The van der Waals surface area contributed by atoms with Gasteiger partial charge in [0.15, 0.2) is 5.79 Å². The van der Waals surface area contributed by atoms with Gasteiger partial charge in [-0.3, -0.25) is 4.79 Å². The summed E-state index contributed by atoms with van der Waals surface area (Å²) < 4.78 is 11.5. The van der Waals surface area contributed by atoms with Gasteiger partial charge in [0.2, 0.25) is 5.91 Å². The van der Waals surface area contributed by atoms with E-state index in [0.29, 0.717) is 32.7 Å². The van der Waals surface area contributed by atoms with E-state index >= 15 is 0 Å². The van der Waals surface area contributed by atoms with Crippen molar-refractivity contribution in [3.63, 3.8) is 0 Å². The van der Waals surface area contributed by atoms with Gasteiger partial charge in [0.25, 0.3) is 0 Å². The van der Waals surface area contributed by atoms with Crippen LogP contribution in [0.4, 0.5) is 0 Å². The fraction of sp³-hybridized carbons (Fsp3) is 0.500. The molecule has 0 unspecified atom stereocenters. The molecular formula is C20H24N2O3S.